The summed E-state index contributed by atoms with van der Waals surface area (Å²) in [7, 11) is 0. The first-order valence-electron chi connectivity index (χ1n) is 8.19. The Morgan fingerprint density at radius 2 is 2.23 bits per heavy atom. The lowest BCUT2D eigenvalue weighted by atomic mass is 9.86. The third-order valence-corrected chi connectivity index (χ3v) is 4.45. The highest BCUT2D eigenvalue weighted by Gasteiger charge is 2.16. The molecule has 118 valence electrons. The number of rotatable bonds is 6. The second kappa shape index (κ2) is 6.81. The molecule has 0 atom stereocenters. The maximum Gasteiger partial charge on any atom is 0.188 e. The number of nitrogens with one attached hydrogen (secondary N) is 1. The Bertz CT molecular complexity index is 654. The second-order valence-corrected chi connectivity index (χ2v) is 6.10. The second-order valence-electron chi connectivity index (χ2n) is 6.10. The molecule has 1 heterocycles. The number of para-hydroxylation sites is 2. The largest absolute Gasteiger partial charge is 0.370 e. The minimum atomic E-state index is 0.583. The molecular formula is C17H25N5. The van der Waals surface area contributed by atoms with E-state index in [2.05, 4.69) is 45.0 Å². The molecule has 0 aliphatic heterocycles. The highest BCUT2D eigenvalue weighted by Crippen LogP contribution is 2.26. The van der Waals surface area contributed by atoms with Gasteiger partial charge >= 0.3 is 0 Å². The normalized spacial score (nSPS) is 16.0. The van der Waals surface area contributed by atoms with Crippen LogP contribution < -0.4 is 11.1 Å². The first-order valence-corrected chi connectivity index (χ1v) is 8.19. The van der Waals surface area contributed by atoms with Crippen LogP contribution in [0.25, 0.3) is 11.0 Å². The molecular weight excluding hydrogens is 274 g/mol. The minimum absolute atomic E-state index is 0.583. The molecule has 1 aromatic heterocycles. The molecule has 5 nitrogen and oxygen atoms in total. The van der Waals surface area contributed by atoms with Crippen molar-refractivity contribution in [3.05, 3.63) is 30.1 Å². The zero-order valence-electron chi connectivity index (χ0n) is 13.3. The summed E-state index contributed by atoms with van der Waals surface area (Å²) in [6, 6.07) is 8.27. The van der Waals surface area contributed by atoms with E-state index < -0.39 is 0 Å². The van der Waals surface area contributed by atoms with Gasteiger partial charge in [0.05, 0.1) is 11.0 Å². The predicted molar refractivity (Wildman–Crippen MR) is 90.9 cm³/mol. The van der Waals surface area contributed by atoms with Crippen molar-refractivity contribution in [1.29, 1.82) is 0 Å². The predicted octanol–water partition coefficient (Wildman–Crippen LogP) is 2.44. The van der Waals surface area contributed by atoms with Crippen molar-refractivity contribution in [1.82, 2.24) is 14.9 Å². The van der Waals surface area contributed by atoms with Gasteiger partial charge in [-0.1, -0.05) is 18.6 Å². The van der Waals surface area contributed by atoms with Gasteiger partial charge in [-0.05, 0) is 44.2 Å². The molecule has 1 aliphatic carbocycles. The van der Waals surface area contributed by atoms with Crippen LogP contribution in [-0.4, -0.2) is 28.6 Å². The molecule has 1 saturated carbocycles. The number of nitrogens with two attached hydrogens (primary N) is 1. The number of benzene rings is 1. The molecule has 3 N–H and O–H groups in total. The number of hydrogen-bond acceptors (Lipinski definition) is 2. The molecule has 22 heavy (non-hydrogen) atoms. The molecule has 0 radical (unpaired) electrons. The molecule has 0 amide bonds. The number of aryl methyl sites for hydroxylation is 2. The SMILES string of the molecule is Cc1nc2ccccc2n1CCCNC(N)=NCC1CCC1. The van der Waals surface area contributed by atoms with Gasteiger partial charge in [-0.3, -0.25) is 4.99 Å². The van der Waals surface area contributed by atoms with Crippen LogP contribution in [0.15, 0.2) is 29.3 Å². The van der Waals surface area contributed by atoms with Gasteiger partial charge in [0.15, 0.2) is 5.96 Å². The molecule has 1 aromatic carbocycles. The Morgan fingerprint density at radius 3 is 3.00 bits per heavy atom. The smallest absolute Gasteiger partial charge is 0.188 e. The number of imidazole rings is 1. The first-order chi connectivity index (χ1) is 10.7. The topological polar surface area (TPSA) is 68.2 Å². The van der Waals surface area contributed by atoms with Crippen molar-refractivity contribution in [2.75, 3.05) is 13.1 Å². The monoisotopic (exact) mass is 299 g/mol. The molecule has 0 unspecified atom stereocenters. The number of aliphatic imine (C=N–C) groups is 1. The summed E-state index contributed by atoms with van der Waals surface area (Å²) in [4.78, 5) is 9.00. The summed E-state index contributed by atoms with van der Waals surface area (Å²) in [5, 5.41) is 3.21. The van der Waals surface area contributed by atoms with Crippen LogP contribution in [0.2, 0.25) is 0 Å². The third-order valence-electron chi connectivity index (χ3n) is 4.45. The van der Waals surface area contributed by atoms with Gasteiger partial charge < -0.3 is 15.6 Å². The maximum atomic E-state index is 5.90. The number of nitrogens with zero attached hydrogens (tertiary/aromatic N) is 3. The van der Waals surface area contributed by atoms with Gasteiger partial charge in [-0.25, -0.2) is 4.98 Å². The van der Waals surface area contributed by atoms with E-state index in [9.17, 15) is 0 Å². The van der Waals surface area contributed by atoms with E-state index in [1.54, 1.807) is 0 Å². The van der Waals surface area contributed by atoms with Crippen LogP contribution in [-0.2, 0) is 6.54 Å². The molecule has 3 rings (SSSR count). The van der Waals surface area contributed by atoms with Crippen LogP contribution in [0.3, 0.4) is 0 Å². The number of aromatic nitrogens is 2. The van der Waals surface area contributed by atoms with E-state index in [1.165, 1.54) is 24.8 Å². The van der Waals surface area contributed by atoms with Crippen molar-refractivity contribution in [2.45, 2.75) is 39.2 Å². The Hall–Kier alpha value is -2.04. The summed E-state index contributed by atoms with van der Waals surface area (Å²) in [5.41, 5.74) is 8.17. The fourth-order valence-electron chi connectivity index (χ4n) is 2.89. The first kappa shape index (κ1) is 14.9. The number of fused-ring (bicyclic) bond motifs is 1. The Kier molecular flexibility index (Phi) is 4.61. The summed E-state index contributed by atoms with van der Waals surface area (Å²) >= 11 is 0. The van der Waals surface area contributed by atoms with Gasteiger partial charge in [0.25, 0.3) is 0 Å². The molecule has 5 heteroatoms. The van der Waals surface area contributed by atoms with Crippen molar-refractivity contribution >= 4 is 17.0 Å². The lowest BCUT2D eigenvalue weighted by Gasteiger charge is -2.23. The fourth-order valence-corrected chi connectivity index (χ4v) is 2.89. The van der Waals surface area contributed by atoms with E-state index in [0.717, 1.165) is 43.3 Å². The summed E-state index contributed by atoms with van der Waals surface area (Å²) in [5.74, 6) is 2.41. The molecule has 0 bridgehead atoms. The van der Waals surface area contributed by atoms with E-state index in [1.807, 2.05) is 6.07 Å². The van der Waals surface area contributed by atoms with Crippen LogP contribution >= 0.6 is 0 Å². The van der Waals surface area contributed by atoms with E-state index in [-0.39, 0.29) is 0 Å². The Labute approximate surface area is 131 Å². The number of guanidine groups is 1. The zero-order valence-corrected chi connectivity index (χ0v) is 13.3. The van der Waals surface area contributed by atoms with E-state index >= 15 is 0 Å². The summed E-state index contributed by atoms with van der Waals surface area (Å²) in [6.07, 6.45) is 4.97. The van der Waals surface area contributed by atoms with Crippen LogP contribution in [0.4, 0.5) is 0 Å². The highest BCUT2D eigenvalue weighted by molar-refractivity contribution is 5.77. The van der Waals surface area contributed by atoms with Crippen molar-refractivity contribution < 1.29 is 0 Å². The quantitative estimate of drug-likeness (QED) is 0.489. The van der Waals surface area contributed by atoms with Crippen molar-refractivity contribution in [2.24, 2.45) is 16.6 Å². The third kappa shape index (κ3) is 3.40. The zero-order chi connectivity index (χ0) is 15.4. The molecule has 1 aliphatic rings. The minimum Gasteiger partial charge on any atom is -0.370 e. The Balaban J connectivity index is 1.47. The molecule has 1 fully saturated rings. The summed E-state index contributed by atoms with van der Waals surface area (Å²) < 4.78 is 2.26. The average molecular weight is 299 g/mol. The van der Waals surface area contributed by atoms with Crippen molar-refractivity contribution in [3.8, 4) is 0 Å². The van der Waals surface area contributed by atoms with Gasteiger partial charge in [0, 0.05) is 19.6 Å². The fraction of sp³-hybridized carbons (Fsp3) is 0.529. The van der Waals surface area contributed by atoms with Crippen LogP contribution in [0, 0.1) is 12.8 Å². The Morgan fingerprint density at radius 1 is 1.41 bits per heavy atom. The van der Waals surface area contributed by atoms with Gasteiger partial charge in [-0.2, -0.15) is 0 Å². The average Bonchev–Trinajstić information content (AvgIpc) is 2.78. The van der Waals surface area contributed by atoms with Crippen molar-refractivity contribution in [3.63, 3.8) is 0 Å². The molecule has 0 saturated heterocycles. The lowest BCUT2D eigenvalue weighted by molar-refractivity contribution is 0.326. The van der Waals surface area contributed by atoms with Gasteiger partial charge in [0.1, 0.15) is 5.82 Å². The van der Waals surface area contributed by atoms with Crippen LogP contribution in [0.1, 0.15) is 31.5 Å². The van der Waals surface area contributed by atoms with Gasteiger partial charge in [-0.15, -0.1) is 0 Å². The van der Waals surface area contributed by atoms with Gasteiger partial charge in [0.2, 0.25) is 0 Å². The standard InChI is InChI=1S/C17H25N5/c1-13-21-15-8-2-3-9-16(15)22(13)11-5-10-19-17(18)20-12-14-6-4-7-14/h2-3,8-9,14H,4-7,10-12H2,1H3,(H3,18,19,20). The van der Waals surface area contributed by atoms with E-state index in [0.29, 0.717) is 5.96 Å². The summed E-state index contributed by atoms with van der Waals surface area (Å²) in [6.45, 7) is 4.72. The number of hydrogen-bond donors (Lipinski definition) is 2. The highest BCUT2D eigenvalue weighted by atomic mass is 15.1. The molecule has 2 aromatic rings. The lowest BCUT2D eigenvalue weighted by Crippen LogP contribution is -2.33. The van der Waals surface area contributed by atoms with Crippen LogP contribution in [0.5, 0.6) is 0 Å². The molecule has 0 spiro atoms. The van der Waals surface area contributed by atoms with E-state index in [4.69, 9.17) is 5.73 Å². The maximum absolute atomic E-state index is 5.90.